The van der Waals surface area contributed by atoms with E-state index in [9.17, 15) is 9.18 Å². The fraction of sp³-hybridized carbons (Fsp3) is 0.350. The highest BCUT2D eigenvalue weighted by Crippen LogP contribution is 2.22. The van der Waals surface area contributed by atoms with Gasteiger partial charge in [0.15, 0.2) is 0 Å². The summed E-state index contributed by atoms with van der Waals surface area (Å²) in [7, 11) is 0. The fourth-order valence-corrected chi connectivity index (χ4v) is 1.87. The standard InChI is InChI=1S/C20H23FN2O3/c1-4-20(2,3)19(24)26-14-13-25-18-11-9-17(10-12-18)23-22-16-7-5-15(21)6-8-16/h5-12H,4,13-14H2,1-3H3. The van der Waals surface area contributed by atoms with Crippen molar-refractivity contribution in [2.45, 2.75) is 27.2 Å². The molecule has 0 radical (unpaired) electrons. The number of halogens is 1. The predicted molar refractivity (Wildman–Crippen MR) is 97.5 cm³/mol. The van der Waals surface area contributed by atoms with Gasteiger partial charge in [0.2, 0.25) is 0 Å². The summed E-state index contributed by atoms with van der Waals surface area (Å²) in [4.78, 5) is 11.8. The second-order valence-electron chi connectivity index (χ2n) is 6.39. The smallest absolute Gasteiger partial charge is 0.311 e. The van der Waals surface area contributed by atoms with Crippen molar-refractivity contribution in [3.63, 3.8) is 0 Å². The van der Waals surface area contributed by atoms with Gasteiger partial charge in [-0.2, -0.15) is 10.2 Å². The third-order valence-electron chi connectivity index (χ3n) is 3.97. The largest absolute Gasteiger partial charge is 0.490 e. The van der Waals surface area contributed by atoms with Crippen LogP contribution in [-0.4, -0.2) is 19.2 Å². The second-order valence-corrected chi connectivity index (χ2v) is 6.39. The lowest BCUT2D eigenvalue weighted by Gasteiger charge is -2.20. The molecule has 0 fully saturated rings. The molecule has 0 saturated heterocycles. The number of azo groups is 1. The molecule has 0 heterocycles. The van der Waals surface area contributed by atoms with E-state index in [1.807, 2.05) is 20.8 Å². The average molecular weight is 358 g/mol. The first-order chi connectivity index (χ1) is 12.4. The number of hydrogen-bond donors (Lipinski definition) is 0. The number of esters is 1. The summed E-state index contributed by atoms with van der Waals surface area (Å²) in [6.07, 6.45) is 0.723. The lowest BCUT2D eigenvalue weighted by atomic mass is 9.91. The van der Waals surface area contributed by atoms with E-state index in [0.29, 0.717) is 17.1 Å². The minimum atomic E-state index is -0.475. The third-order valence-corrected chi connectivity index (χ3v) is 3.97. The molecule has 2 aromatic carbocycles. The maximum absolute atomic E-state index is 12.8. The summed E-state index contributed by atoms with van der Waals surface area (Å²) < 4.78 is 23.6. The molecule has 2 rings (SSSR count). The topological polar surface area (TPSA) is 60.2 Å². The highest BCUT2D eigenvalue weighted by Gasteiger charge is 2.26. The molecule has 0 saturated carbocycles. The second kappa shape index (κ2) is 9.08. The quantitative estimate of drug-likeness (QED) is 0.350. The first kappa shape index (κ1) is 19.6. The van der Waals surface area contributed by atoms with E-state index >= 15 is 0 Å². The van der Waals surface area contributed by atoms with Crippen molar-refractivity contribution in [3.8, 4) is 5.75 Å². The molecule has 0 N–H and O–H groups in total. The summed E-state index contributed by atoms with van der Waals surface area (Å²) in [5.41, 5.74) is 0.748. The Kier molecular flexibility index (Phi) is 6.83. The molecular formula is C20H23FN2O3. The van der Waals surface area contributed by atoms with Gasteiger partial charge in [-0.15, -0.1) is 0 Å². The van der Waals surface area contributed by atoms with Crippen molar-refractivity contribution in [1.29, 1.82) is 0 Å². The van der Waals surface area contributed by atoms with Crippen LogP contribution in [0.25, 0.3) is 0 Å². The van der Waals surface area contributed by atoms with Gasteiger partial charge in [-0.25, -0.2) is 4.39 Å². The van der Waals surface area contributed by atoms with Gasteiger partial charge in [0, 0.05) is 0 Å². The van der Waals surface area contributed by atoms with Crippen molar-refractivity contribution in [2.24, 2.45) is 15.6 Å². The van der Waals surface area contributed by atoms with Gasteiger partial charge < -0.3 is 9.47 Å². The Morgan fingerprint density at radius 2 is 1.50 bits per heavy atom. The molecule has 0 bridgehead atoms. The van der Waals surface area contributed by atoms with Crippen molar-refractivity contribution >= 4 is 17.3 Å². The van der Waals surface area contributed by atoms with Crippen LogP contribution in [0.1, 0.15) is 27.2 Å². The van der Waals surface area contributed by atoms with E-state index in [1.165, 1.54) is 12.1 Å². The number of rotatable bonds is 8. The minimum Gasteiger partial charge on any atom is -0.490 e. The van der Waals surface area contributed by atoms with Gasteiger partial charge in [0.25, 0.3) is 0 Å². The summed E-state index contributed by atoms with van der Waals surface area (Å²) in [5, 5.41) is 8.11. The van der Waals surface area contributed by atoms with Gasteiger partial charge in [-0.05, 0) is 68.8 Å². The molecule has 138 valence electrons. The zero-order valence-electron chi connectivity index (χ0n) is 15.2. The Bertz CT molecular complexity index is 741. The Morgan fingerprint density at radius 1 is 0.962 bits per heavy atom. The van der Waals surface area contributed by atoms with Crippen LogP contribution >= 0.6 is 0 Å². The maximum atomic E-state index is 12.8. The molecule has 0 spiro atoms. The minimum absolute atomic E-state index is 0.203. The van der Waals surface area contributed by atoms with E-state index in [2.05, 4.69) is 10.2 Å². The highest BCUT2D eigenvalue weighted by atomic mass is 19.1. The third kappa shape index (κ3) is 5.95. The van der Waals surface area contributed by atoms with Crippen LogP contribution in [0.4, 0.5) is 15.8 Å². The Labute approximate surface area is 152 Å². The highest BCUT2D eigenvalue weighted by molar-refractivity contribution is 5.75. The predicted octanol–water partition coefficient (Wildman–Crippen LogP) is 5.60. The normalized spacial score (nSPS) is 11.5. The van der Waals surface area contributed by atoms with Crippen molar-refractivity contribution < 1.29 is 18.7 Å². The van der Waals surface area contributed by atoms with E-state index in [-0.39, 0.29) is 25.0 Å². The summed E-state index contributed by atoms with van der Waals surface area (Å²) in [6, 6.07) is 12.8. The van der Waals surface area contributed by atoms with Crippen LogP contribution in [0, 0.1) is 11.2 Å². The fourth-order valence-electron chi connectivity index (χ4n) is 1.87. The molecule has 6 heteroatoms. The first-order valence-corrected chi connectivity index (χ1v) is 8.48. The molecule has 5 nitrogen and oxygen atoms in total. The average Bonchev–Trinajstić information content (AvgIpc) is 2.65. The van der Waals surface area contributed by atoms with E-state index < -0.39 is 5.41 Å². The number of carbonyl (C=O) groups is 1. The van der Waals surface area contributed by atoms with Gasteiger partial charge in [-0.3, -0.25) is 4.79 Å². The van der Waals surface area contributed by atoms with E-state index in [4.69, 9.17) is 9.47 Å². The lowest BCUT2D eigenvalue weighted by molar-refractivity contribution is -0.154. The van der Waals surface area contributed by atoms with Gasteiger partial charge in [0.1, 0.15) is 24.8 Å². The van der Waals surface area contributed by atoms with Crippen molar-refractivity contribution in [3.05, 3.63) is 54.3 Å². The number of nitrogens with zero attached hydrogens (tertiary/aromatic N) is 2. The number of carbonyl (C=O) groups excluding carboxylic acids is 1. The van der Waals surface area contributed by atoms with Crippen LogP contribution < -0.4 is 4.74 Å². The number of benzene rings is 2. The summed E-state index contributed by atoms with van der Waals surface area (Å²) in [5.74, 6) is 0.117. The Hall–Kier alpha value is -2.76. The summed E-state index contributed by atoms with van der Waals surface area (Å²) in [6.45, 7) is 6.15. The lowest BCUT2D eigenvalue weighted by Crippen LogP contribution is -2.27. The van der Waals surface area contributed by atoms with Crippen LogP contribution in [0.2, 0.25) is 0 Å². The Morgan fingerprint density at radius 3 is 2.04 bits per heavy atom. The molecule has 0 unspecified atom stereocenters. The molecule has 0 aliphatic rings. The Balaban J connectivity index is 1.78. The number of ether oxygens (including phenoxy) is 2. The van der Waals surface area contributed by atoms with Gasteiger partial charge in [-0.1, -0.05) is 6.92 Å². The van der Waals surface area contributed by atoms with E-state index in [1.54, 1.807) is 36.4 Å². The van der Waals surface area contributed by atoms with Crippen molar-refractivity contribution in [1.82, 2.24) is 0 Å². The van der Waals surface area contributed by atoms with Crippen LogP contribution in [0.15, 0.2) is 58.8 Å². The molecule has 0 atom stereocenters. The molecular weight excluding hydrogens is 335 g/mol. The molecule has 0 aliphatic heterocycles. The van der Waals surface area contributed by atoms with Crippen LogP contribution in [0.5, 0.6) is 5.75 Å². The summed E-state index contributed by atoms with van der Waals surface area (Å²) >= 11 is 0. The zero-order valence-corrected chi connectivity index (χ0v) is 15.2. The van der Waals surface area contributed by atoms with Gasteiger partial charge >= 0.3 is 5.97 Å². The first-order valence-electron chi connectivity index (χ1n) is 8.48. The van der Waals surface area contributed by atoms with Crippen molar-refractivity contribution in [2.75, 3.05) is 13.2 Å². The molecule has 0 aromatic heterocycles. The number of hydrogen-bond acceptors (Lipinski definition) is 5. The molecule has 0 aliphatic carbocycles. The molecule has 0 amide bonds. The SMILES string of the molecule is CCC(C)(C)C(=O)OCCOc1ccc(N=Nc2ccc(F)cc2)cc1. The van der Waals surface area contributed by atoms with Gasteiger partial charge in [0.05, 0.1) is 16.8 Å². The zero-order chi connectivity index (χ0) is 19.0. The molecule has 2 aromatic rings. The van der Waals surface area contributed by atoms with Crippen LogP contribution in [-0.2, 0) is 9.53 Å². The van der Waals surface area contributed by atoms with E-state index in [0.717, 1.165) is 6.42 Å². The molecule has 26 heavy (non-hydrogen) atoms. The van der Waals surface area contributed by atoms with Crippen LogP contribution in [0.3, 0.4) is 0 Å². The monoisotopic (exact) mass is 358 g/mol. The maximum Gasteiger partial charge on any atom is 0.311 e.